The molecule has 1 heterocycles. The third-order valence-electron chi connectivity index (χ3n) is 5.45. The highest BCUT2D eigenvalue weighted by atomic mass is 35.5. The Balaban J connectivity index is 1.83. The van der Waals surface area contributed by atoms with Gasteiger partial charge in [0.15, 0.2) is 0 Å². The second-order valence-corrected chi connectivity index (χ2v) is 8.14. The van der Waals surface area contributed by atoms with Gasteiger partial charge in [-0.25, -0.2) is 13.6 Å². The quantitative estimate of drug-likeness (QED) is 0.691. The fraction of sp³-hybridized carbons (Fsp3) is 0.409. The lowest BCUT2D eigenvalue weighted by atomic mass is 9.84. The Labute approximate surface area is 180 Å². The summed E-state index contributed by atoms with van der Waals surface area (Å²) in [5.74, 6) is -1.77. The Bertz CT molecular complexity index is 869. The molecule has 2 aromatic carbocycles. The predicted molar refractivity (Wildman–Crippen MR) is 114 cm³/mol. The van der Waals surface area contributed by atoms with Crippen molar-refractivity contribution >= 4 is 23.3 Å². The standard InChI is InChI=1S/C22H26ClF2N3O2/c1-13(2)28-9-8-20(27-22(29)26-15-6-4-14(23)5-7-15)17(12-28)21-18(24)10-16(30-3)11-19(21)25/h4-7,10-11,13,17,20H,8-9,12H2,1-3H3,(H2,26,27,29). The summed E-state index contributed by atoms with van der Waals surface area (Å²) in [5.41, 5.74) is 0.549. The number of ether oxygens (including phenoxy) is 1. The predicted octanol–water partition coefficient (Wildman–Crippen LogP) is 5.01. The van der Waals surface area contributed by atoms with Crippen LogP contribution < -0.4 is 15.4 Å². The van der Waals surface area contributed by atoms with Crippen LogP contribution in [0.2, 0.25) is 5.02 Å². The smallest absolute Gasteiger partial charge is 0.319 e. The molecule has 162 valence electrons. The molecule has 0 aromatic heterocycles. The largest absolute Gasteiger partial charge is 0.497 e. The second-order valence-electron chi connectivity index (χ2n) is 7.70. The summed E-state index contributed by atoms with van der Waals surface area (Å²) in [5, 5.41) is 6.20. The number of anilines is 1. The first-order valence-corrected chi connectivity index (χ1v) is 10.3. The van der Waals surface area contributed by atoms with Crippen LogP contribution in [0, 0.1) is 11.6 Å². The minimum absolute atomic E-state index is 0.0297. The fourth-order valence-electron chi connectivity index (χ4n) is 3.81. The third kappa shape index (κ3) is 5.21. The minimum atomic E-state index is -0.674. The van der Waals surface area contributed by atoms with Crippen molar-refractivity contribution < 1.29 is 18.3 Å². The van der Waals surface area contributed by atoms with Gasteiger partial charge in [0, 0.05) is 59.5 Å². The van der Waals surface area contributed by atoms with E-state index in [1.54, 1.807) is 24.3 Å². The first-order chi connectivity index (χ1) is 14.3. The highest BCUT2D eigenvalue weighted by Crippen LogP contribution is 2.34. The number of nitrogens with one attached hydrogen (secondary N) is 2. The number of piperidine rings is 1. The van der Waals surface area contributed by atoms with Crippen LogP contribution in [0.4, 0.5) is 19.3 Å². The summed E-state index contributed by atoms with van der Waals surface area (Å²) in [6, 6.07) is 8.43. The molecule has 1 fully saturated rings. The lowest BCUT2D eigenvalue weighted by Crippen LogP contribution is -2.52. The zero-order chi connectivity index (χ0) is 21.8. The number of urea groups is 1. The van der Waals surface area contributed by atoms with E-state index in [1.807, 2.05) is 13.8 Å². The van der Waals surface area contributed by atoms with Gasteiger partial charge in [-0.3, -0.25) is 0 Å². The molecule has 5 nitrogen and oxygen atoms in total. The molecule has 1 aliphatic heterocycles. The number of methoxy groups -OCH3 is 1. The Kier molecular flexibility index (Phi) is 7.15. The zero-order valence-corrected chi connectivity index (χ0v) is 18.0. The van der Waals surface area contributed by atoms with E-state index >= 15 is 0 Å². The molecule has 30 heavy (non-hydrogen) atoms. The van der Waals surface area contributed by atoms with Gasteiger partial charge in [-0.05, 0) is 44.5 Å². The van der Waals surface area contributed by atoms with Crippen LogP contribution in [0.25, 0.3) is 0 Å². The number of rotatable bonds is 5. The Morgan fingerprint density at radius 2 is 1.83 bits per heavy atom. The van der Waals surface area contributed by atoms with Crippen LogP contribution in [-0.4, -0.2) is 43.2 Å². The fourth-order valence-corrected chi connectivity index (χ4v) is 3.94. The van der Waals surface area contributed by atoms with E-state index in [0.717, 1.165) is 6.54 Å². The van der Waals surface area contributed by atoms with Gasteiger partial charge in [-0.15, -0.1) is 0 Å². The average molecular weight is 438 g/mol. The molecule has 1 aliphatic rings. The van der Waals surface area contributed by atoms with Crippen LogP contribution >= 0.6 is 11.6 Å². The number of amides is 2. The first-order valence-electron chi connectivity index (χ1n) is 9.88. The number of carbonyl (C=O) groups is 1. The maximum Gasteiger partial charge on any atom is 0.319 e. The van der Waals surface area contributed by atoms with Crippen LogP contribution in [0.5, 0.6) is 5.75 Å². The van der Waals surface area contributed by atoms with E-state index in [0.29, 0.717) is 23.7 Å². The SMILES string of the molecule is COc1cc(F)c(C2CN(C(C)C)CCC2NC(=O)Nc2ccc(Cl)cc2)c(F)c1. The molecule has 0 radical (unpaired) electrons. The highest BCUT2D eigenvalue weighted by molar-refractivity contribution is 6.30. The molecule has 2 N–H and O–H groups in total. The topological polar surface area (TPSA) is 53.6 Å². The number of carbonyl (C=O) groups excluding carboxylic acids is 1. The van der Waals surface area contributed by atoms with Gasteiger partial charge < -0.3 is 20.3 Å². The number of benzene rings is 2. The third-order valence-corrected chi connectivity index (χ3v) is 5.70. The Morgan fingerprint density at radius 1 is 1.20 bits per heavy atom. The molecule has 2 unspecified atom stereocenters. The van der Waals surface area contributed by atoms with E-state index in [1.165, 1.54) is 19.2 Å². The monoisotopic (exact) mass is 437 g/mol. The van der Waals surface area contributed by atoms with Crippen molar-refractivity contribution in [2.24, 2.45) is 0 Å². The van der Waals surface area contributed by atoms with Crippen molar-refractivity contribution in [2.75, 3.05) is 25.5 Å². The van der Waals surface area contributed by atoms with E-state index in [2.05, 4.69) is 15.5 Å². The molecule has 2 amide bonds. The number of hydrogen-bond acceptors (Lipinski definition) is 3. The minimum Gasteiger partial charge on any atom is -0.497 e. The van der Waals surface area contributed by atoms with Crippen molar-refractivity contribution in [1.29, 1.82) is 0 Å². The van der Waals surface area contributed by atoms with Crippen LogP contribution in [0.3, 0.4) is 0 Å². The Morgan fingerprint density at radius 3 is 2.40 bits per heavy atom. The first kappa shape index (κ1) is 22.3. The summed E-state index contributed by atoms with van der Waals surface area (Å²) in [7, 11) is 1.36. The van der Waals surface area contributed by atoms with Gasteiger partial charge in [0.2, 0.25) is 0 Å². The molecule has 0 spiro atoms. The molecule has 0 saturated carbocycles. The van der Waals surface area contributed by atoms with Gasteiger partial charge in [-0.2, -0.15) is 0 Å². The van der Waals surface area contributed by atoms with Gasteiger partial charge >= 0.3 is 6.03 Å². The van der Waals surface area contributed by atoms with Crippen LogP contribution in [-0.2, 0) is 0 Å². The summed E-state index contributed by atoms with van der Waals surface area (Å²) in [6.07, 6.45) is 0.571. The average Bonchev–Trinajstić information content (AvgIpc) is 2.70. The second kappa shape index (κ2) is 9.62. The van der Waals surface area contributed by atoms with Crippen molar-refractivity contribution in [2.45, 2.75) is 38.3 Å². The van der Waals surface area contributed by atoms with E-state index in [9.17, 15) is 13.6 Å². The van der Waals surface area contributed by atoms with Gasteiger partial charge in [0.1, 0.15) is 17.4 Å². The molecule has 2 atom stereocenters. The molecular formula is C22H26ClF2N3O2. The summed E-state index contributed by atoms with van der Waals surface area (Å²) in [4.78, 5) is 14.7. The molecule has 8 heteroatoms. The van der Waals surface area contributed by atoms with Crippen molar-refractivity contribution in [3.05, 3.63) is 58.6 Å². The molecule has 0 aliphatic carbocycles. The maximum absolute atomic E-state index is 14.8. The van der Waals surface area contributed by atoms with E-state index in [-0.39, 0.29) is 17.4 Å². The van der Waals surface area contributed by atoms with E-state index in [4.69, 9.17) is 16.3 Å². The van der Waals surface area contributed by atoms with Crippen molar-refractivity contribution in [3.8, 4) is 5.75 Å². The zero-order valence-electron chi connectivity index (χ0n) is 17.2. The number of hydrogen-bond donors (Lipinski definition) is 2. The van der Waals surface area contributed by atoms with Crippen LogP contribution in [0.15, 0.2) is 36.4 Å². The molecule has 1 saturated heterocycles. The highest BCUT2D eigenvalue weighted by Gasteiger charge is 2.36. The van der Waals surface area contributed by atoms with Gasteiger partial charge in [0.25, 0.3) is 0 Å². The number of likely N-dealkylation sites (tertiary alicyclic amines) is 1. The lowest BCUT2D eigenvalue weighted by molar-refractivity contribution is 0.140. The lowest BCUT2D eigenvalue weighted by Gasteiger charge is -2.41. The van der Waals surface area contributed by atoms with Gasteiger partial charge in [0.05, 0.1) is 7.11 Å². The summed E-state index contributed by atoms with van der Waals surface area (Å²) in [6.45, 7) is 5.24. The summed E-state index contributed by atoms with van der Waals surface area (Å²) >= 11 is 5.87. The van der Waals surface area contributed by atoms with E-state index < -0.39 is 29.6 Å². The molecule has 3 rings (SSSR count). The van der Waals surface area contributed by atoms with Crippen molar-refractivity contribution in [1.82, 2.24) is 10.2 Å². The number of nitrogens with zero attached hydrogens (tertiary/aromatic N) is 1. The van der Waals surface area contributed by atoms with Crippen LogP contribution in [0.1, 0.15) is 31.7 Å². The molecular weight excluding hydrogens is 412 g/mol. The normalized spacial score (nSPS) is 19.6. The van der Waals surface area contributed by atoms with Crippen molar-refractivity contribution in [3.63, 3.8) is 0 Å². The number of halogens is 3. The van der Waals surface area contributed by atoms with Gasteiger partial charge in [-0.1, -0.05) is 11.6 Å². The summed E-state index contributed by atoms with van der Waals surface area (Å²) < 4.78 is 34.6. The molecule has 2 aromatic rings. The maximum atomic E-state index is 14.8. The Hall–Kier alpha value is -2.38. The molecule has 0 bridgehead atoms.